The monoisotopic (exact) mass is 590 g/mol. The highest BCUT2D eigenvalue weighted by atomic mass is 79.9. The van der Waals surface area contributed by atoms with Crippen molar-refractivity contribution in [2.45, 2.75) is 12.1 Å². The summed E-state index contributed by atoms with van der Waals surface area (Å²) >= 11 is 9.78. The lowest BCUT2D eigenvalue weighted by Gasteiger charge is -2.36. The fourth-order valence-corrected chi connectivity index (χ4v) is 6.47. The Morgan fingerprint density at radius 2 is 1.63 bits per heavy atom. The quantitative estimate of drug-likeness (QED) is 0.310. The molecular weight excluding hydrogens is 572 g/mol. The number of imide groups is 1. The van der Waals surface area contributed by atoms with Crippen molar-refractivity contribution >= 4 is 62.6 Å². The molecule has 4 aliphatic heterocycles. The summed E-state index contributed by atoms with van der Waals surface area (Å²) in [6.45, 7) is 0.824. The van der Waals surface area contributed by atoms with E-state index in [9.17, 15) is 14.4 Å². The van der Waals surface area contributed by atoms with Crippen molar-refractivity contribution in [2.24, 2.45) is 11.8 Å². The lowest BCUT2D eigenvalue weighted by Crippen LogP contribution is -2.48. The zero-order valence-electron chi connectivity index (χ0n) is 19.8. The van der Waals surface area contributed by atoms with Crippen molar-refractivity contribution in [1.29, 1.82) is 0 Å². The number of hydrogen-bond acceptors (Lipinski definition) is 6. The lowest BCUT2D eigenvalue weighted by atomic mass is 9.86. The summed E-state index contributed by atoms with van der Waals surface area (Å²) in [5.74, 6) is -1.52. The SMILES string of the molecule is O=C(c1ccc(Br)cc1)[C@H]1[C@@H]2C(=O)N(c3ccc4c(c3)OCCO4)C(=O)[C@@H]2[C@H]2C=Cc3ccc(Cl)cc3N21. The highest BCUT2D eigenvalue weighted by Gasteiger charge is 2.64. The highest BCUT2D eigenvalue weighted by molar-refractivity contribution is 9.10. The Morgan fingerprint density at radius 3 is 2.42 bits per heavy atom. The third kappa shape index (κ3) is 3.43. The van der Waals surface area contributed by atoms with Crippen molar-refractivity contribution in [3.05, 3.63) is 87.4 Å². The number of ether oxygens (including phenoxy) is 2. The number of carbonyl (C=O) groups excluding carboxylic acids is 3. The molecule has 0 aromatic heterocycles. The van der Waals surface area contributed by atoms with Gasteiger partial charge in [0.2, 0.25) is 11.8 Å². The van der Waals surface area contributed by atoms with Crippen LogP contribution in [0.3, 0.4) is 0 Å². The van der Waals surface area contributed by atoms with Gasteiger partial charge in [-0.2, -0.15) is 0 Å². The number of carbonyl (C=O) groups is 3. The maximum Gasteiger partial charge on any atom is 0.240 e. The van der Waals surface area contributed by atoms with E-state index < -0.39 is 29.8 Å². The van der Waals surface area contributed by atoms with Crippen molar-refractivity contribution in [1.82, 2.24) is 0 Å². The van der Waals surface area contributed by atoms with Crippen LogP contribution in [-0.4, -0.2) is 42.9 Å². The first kappa shape index (κ1) is 23.5. The van der Waals surface area contributed by atoms with Crippen molar-refractivity contribution in [3.8, 4) is 11.5 Å². The molecule has 7 nitrogen and oxygen atoms in total. The van der Waals surface area contributed by atoms with Gasteiger partial charge >= 0.3 is 0 Å². The van der Waals surface area contributed by atoms with E-state index >= 15 is 0 Å². The van der Waals surface area contributed by atoms with Crippen molar-refractivity contribution < 1.29 is 23.9 Å². The third-order valence-corrected chi connectivity index (χ3v) is 8.42. The number of rotatable bonds is 3. The number of amides is 2. The Labute approximate surface area is 231 Å². The zero-order chi connectivity index (χ0) is 26.1. The fraction of sp³-hybridized carbons (Fsp3) is 0.207. The minimum Gasteiger partial charge on any atom is -0.486 e. The number of hydrogen-bond donors (Lipinski definition) is 0. The molecule has 190 valence electrons. The molecule has 0 radical (unpaired) electrons. The van der Waals surface area contributed by atoms with E-state index in [1.165, 1.54) is 4.90 Å². The van der Waals surface area contributed by atoms with Gasteiger partial charge in [0.05, 0.1) is 23.6 Å². The van der Waals surface area contributed by atoms with Gasteiger partial charge in [0.15, 0.2) is 17.3 Å². The number of nitrogens with zero attached hydrogens (tertiary/aromatic N) is 2. The summed E-state index contributed by atoms with van der Waals surface area (Å²) in [6, 6.07) is 16.2. The molecule has 4 aliphatic rings. The van der Waals surface area contributed by atoms with Crippen LogP contribution in [0.5, 0.6) is 11.5 Å². The van der Waals surface area contributed by atoms with E-state index in [1.54, 1.807) is 54.6 Å². The van der Waals surface area contributed by atoms with Gasteiger partial charge in [0.25, 0.3) is 0 Å². The van der Waals surface area contributed by atoms with Gasteiger partial charge < -0.3 is 14.4 Å². The van der Waals surface area contributed by atoms with Crippen LogP contribution in [0.2, 0.25) is 5.02 Å². The second-order valence-corrected chi connectivity index (χ2v) is 11.0. The van der Waals surface area contributed by atoms with E-state index in [2.05, 4.69) is 15.9 Å². The summed E-state index contributed by atoms with van der Waals surface area (Å²) in [5.41, 5.74) is 2.49. The molecule has 0 aliphatic carbocycles. The maximum atomic E-state index is 14.1. The summed E-state index contributed by atoms with van der Waals surface area (Å²) in [4.78, 5) is 45.3. The predicted molar refractivity (Wildman–Crippen MR) is 146 cm³/mol. The number of fused-ring (bicyclic) bond motifs is 6. The molecule has 0 saturated carbocycles. The smallest absolute Gasteiger partial charge is 0.240 e. The molecule has 9 heteroatoms. The Kier molecular flexibility index (Phi) is 5.39. The molecule has 4 heterocycles. The van der Waals surface area contributed by atoms with Crippen LogP contribution in [0, 0.1) is 11.8 Å². The van der Waals surface area contributed by atoms with E-state index in [0.29, 0.717) is 41.0 Å². The molecule has 2 saturated heterocycles. The molecule has 3 aromatic rings. The number of benzene rings is 3. The van der Waals surface area contributed by atoms with Crippen LogP contribution in [0.4, 0.5) is 11.4 Å². The van der Waals surface area contributed by atoms with E-state index in [-0.39, 0.29) is 11.7 Å². The van der Waals surface area contributed by atoms with Crippen LogP contribution in [0.15, 0.2) is 71.2 Å². The van der Waals surface area contributed by atoms with Gasteiger partial charge in [-0.15, -0.1) is 0 Å². The molecule has 3 aromatic carbocycles. The van der Waals surface area contributed by atoms with E-state index in [0.717, 1.165) is 15.7 Å². The Morgan fingerprint density at radius 1 is 0.895 bits per heavy atom. The number of anilines is 2. The Bertz CT molecular complexity index is 1560. The zero-order valence-corrected chi connectivity index (χ0v) is 22.2. The first-order chi connectivity index (χ1) is 18.4. The second-order valence-electron chi connectivity index (χ2n) is 9.67. The summed E-state index contributed by atoms with van der Waals surface area (Å²) in [5, 5.41) is 0.514. The van der Waals surface area contributed by atoms with Gasteiger partial charge in [-0.1, -0.05) is 57.9 Å². The molecule has 0 N–H and O–H groups in total. The number of Topliss-reactive ketones (excluding diaryl/α,β-unsaturated/α-hetero) is 1. The van der Waals surface area contributed by atoms with Crippen molar-refractivity contribution in [2.75, 3.05) is 23.0 Å². The molecule has 7 rings (SSSR count). The van der Waals surface area contributed by atoms with Gasteiger partial charge in [-0.25, -0.2) is 4.90 Å². The Hall–Kier alpha value is -3.62. The lowest BCUT2D eigenvalue weighted by molar-refractivity contribution is -0.122. The summed E-state index contributed by atoms with van der Waals surface area (Å²) < 4.78 is 12.1. The average Bonchev–Trinajstić information content (AvgIpc) is 3.41. The third-order valence-electron chi connectivity index (χ3n) is 7.65. The molecular formula is C29H20BrClN2O5. The highest BCUT2D eigenvalue weighted by Crippen LogP contribution is 2.50. The van der Waals surface area contributed by atoms with Gasteiger partial charge in [0.1, 0.15) is 19.3 Å². The average molecular weight is 592 g/mol. The topological polar surface area (TPSA) is 76.1 Å². The maximum absolute atomic E-state index is 14.1. The molecule has 0 bridgehead atoms. The summed E-state index contributed by atoms with van der Waals surface area (Å²) in [6.07, 6.45) is 3.85. The van der Waals surface area contributed by atoms with Crippen LogP contribution in [0.25, 0.3) is 6.08 Å². The van der Waals surface area contributed by atoms with Gasteiger partial charge in [-0.3, -0.25) is 14.4 Å². The van der Waals surface area contributed by atoms with E-state index in [1.807, 2.05) is 23.1 Å². The normalized spacial score (nSPS) is 24.8. The largest absolute Gasteiger partial charge is 0.486 e. The van der Waals surface area contributed by atoms with Crippen LogP contribution >= 0.6 is 27.5 Å². The first-order valence-electron chi connectivity index (χ1n) is 12.3. The van der Waals surface area contributed by atoms with Gasteiger partial charge in [-0.05, 0) is 42.0 Å². The minimum atomic E-state index is -0.882. The number of halogens is 2. The summed E-state index contributed by atoms with van der Waals surface area (Å²) in [7, 11) is 0. The Balaban J connectivity index is 1.35. The molecule has 4 atom stereocenters. The van der Waals surface area contributed by atoms with Crippen LogP contribution < -0.4 is 19.3 Å². The molecule has 2 amide bonds. The first-order valence-corrected chi connectivity index (χ1v) is 13.4. The van der Waals surface area contributed by atoms with Crippen LogP contribution in [0.1, 0.15) is 15.9 Å². The predicted octanol–water partition coefficient (Wildman–Crippen LogP) is 5.15. The molecule has 0 spiro atoms. The standard InChI is InChI=1S/C29H20BrClN2O5/c30-17-5-1-16(2-6-17)27(34)26-25-24(20-9-4-15-3-7-18(31)13-21(15)33(20)26)28(35)32(29(25)36)19-8-10-22-23(14-19)38-12-11-37-22/h1-10,13-14,20,24-26H,11-12H2/t20-,24-,25-,26-/m1/s1. The molecule has 0 unspecified atom stereocenters. The van der Waals surface area contributed by atoms with Gasteiger partial charge in [0, 0.05) is 26.8 Å². The fourth-order valence-electron chi connectivity index (χ4n) is 6.04. The molecule has 2 fully saturated rings. The van der Waals surface area contributed by atoms with Crippen molar-refractivity contribution in [3.63, 3.8) is 0 Å². The minimum absolute atomic E-state index is 0.221. The molecule has 38 heavy (non-hydrogen) atoms. The van der Waals surface area contributed by atoms with E-state index in [4.69, 9.17) is 21.1 Å². The van der Waals surface area contributed by atoms with Crippen LogP contribution in [-0.2, 0) is 9.59 Å². The second kappa shape index (κ2) is 8.71. The number of ketones is 1.